The molecule has 2 aromatic rings. The van der Waals surface area contributed by atoms with Gasteiger partial charge in [-0.2, -0.15) is 5.09 Å². The Morgan fingerprint density at radius 1 is 1.32 bits per heavy atom. The van der Waals surface area contributed by atoms with Crippen LogP contribution in [0, 0.1) is 5.92 Å². The Balaban J connectivity index is 1.57. The number of benzene rings is 1. The number of nitrogens with one attached hydrogen (secondary N) is 2. The summed E-state index contributed by atoms with van der Waals surface area (Å²) in [6.45, 7) is 2.17. The second kappa shape index (κ2) is 12.4. The van der Waals surface area contributed by atoms with Gasteiger partial charge in [-0.1, -0.05) is 30.2 Å². The van der Waals surface area contributed by atoms with Gasteiger partial charge < -0.3 is 19.1 Å². The van der Waals surface area contributed by atoms with E-state index in [0.717, 1.165) is 36.3 Å². The number of esters is 1. The molecule has 1 aliphatic carbocycles. The molecule has 216 valence electrons. The molecule has 1 aromatic heterocycles. The topological polar surface area (TPSA) is 207 Å². The molecule has 0 radical (unpaired) electrons. The predicted molar refractivity (Wildman–Crippen MR) is 140 cm³/mol. The lowest BCUT2D eigenvalue weighted by atomic mass is 9.98. The standard InChI is InChI=1S/C24H31N6O9P/c1-15-20(32)24(28-29-25,38-21(15)30-13-12-19(31)26-23(30)34)14-36-40(35,39-18-10-4-3-5-11-18)27-16(2)22(33)37-17-8-6-7-9-17/h3-5,10-13,15-17,20-21,32H,6-9,14H2,1-2H3,(H,27,35)(H,26,31,34)/t15-,16-,20-,21+,24+,40?/m0/s1. The number of aromatic nitrogens is 2. The number of aromatic amines is 1. The number of aliphatic hydroxyl groups excluding tert-OH is 1. The summed E-state index contributed by atoms with van der Waals surface area (Å²) in [6, 6.07) is 7.99. The van der Waals surface area contributed by atoms with Crippen LogP contribution in [0.5, 0.6) is 5.75 Å². The van der Waals surface area contributed by atoms with Crippen molar-refractivity contribution in [3.8, 4) is 5.75 Å². The molecule has 0 amide bonds. The van der Waals surface area contributed by atoms with Crippen molar-refractivity contribution >= 4 is 13.7 Å². The molecule has 2 fully saturated rings. The number of ether oxygens (including phenoxy) is 2. The van der Waals surface area contributed by atoms with E-state index in [1.165, 1.54) is 32.2 Å². The first-order valence-corrected chi connectivity index (χ1v) is 14.3. The third kappa shape index (κ3) is 6.64. The number of carbonyl (C=O) groups excluding carboxylic acids is 1. The summed E-state index contributed by atoms with van der Waals surface area (Å²) in [7, 11) is -4.41. The summed E-state index contributed by atoms with van der Waals surface area (Å²) in [5, 5.41) is 17.2. The summed E-state index contributed by atoms with van der Waals surface area (Å²) in [5.41, 5.74) is 5.67. The van der Waals surface area contributed by atoms with Crippen LogP contribution in [-0.2, 0) is 23.4 Å². The molecule has 2 heterocycles. The molecule has 1 aromatic carbocycles. The Kier molecular flexibility index (Phi) is 9.14. The van der Waals surface area contributed by atoms with Gasteiger partial charge in [0.25, 0.3) is 5.56 Å². The Labute approximate surface area is 228 Å². The Morgan fingerprint density at radius 2 is 2.02 bits per heavy atom. The normalized spacial score (nSPS) is 26.9. The summed E-state index contributed by atoms with van der Waals surface area (Å²) in [5.74, 6) is -1.35. The molecule has 15 nitrogen and oxygen atoms in total. The van der Waals surface area contributed by atoms with Crippen LogP contribution in [0.2, 0.25) is 0 Å². The SMILES string of the molecule is C[C@@H]1[C@H](n2ccc(=O)[nH]c2=O)O[C@@](COP(=O)(N[C@@H](C)C(=O)OC2CCCC2)Oc2ccccc2)(N=[N+]=[N-])[C@H]1O. The molecule has 0 bridgehead atoms. The van der Waals surface area contributed by atoms with Crippen molar-refractivity contribution in [1.82, 2.24) is 14.6 Å². The Hall–Kier alpha value is -3.45. The molecule has 3 N–H and O–H groups in total. The highest BCUT2D eigenvalue weighted by Gasteiger charge is 2.55. The Morgan fingerprint density at radius 3 is 2.67 bits per heavy atom. The maximum Gasteiger partial charge on any atom is 0.459 e. The van der Waals surface area contributed by atoms with Crippen LogP contribution in [0.25, 0.3) is 10.4 Å². The van der Waals surface area contributed by atoms with Crippen molar-refractivity contribution in [1.29, 1.82) is 0 Å². The predicted octanol–water partition coefficient (Wildman–Crippen LogP) is 2.74. The van der Waals surface area contributed by atoms with E-state index in [0.29, 0.717) is 0 Å². The molecule has 2 aliphatic rings. The van der Waals surface area contributed by atoms with E-state index in [9.17, 15) is 29.6 Å². The van der Waals surface area contributed by atoms with E-state index in [-0.39, 0.29) is 11.9 Å². The minimum absolute atomic E-state index is 0.145. The van der Waals surface area contributed by atoms with Gasteiger partial charge in [-0.25, -0.2) is 9.36 Å². The zero-order valence-electron chi connectivity index (χ0n) is 21.9. The third-order valence-corrected chi connectivity index (χ3v) is 8.40. The number of H-pyrrole nitrogens is 1. The molecule has 40 heavy (non-hydrogen) atoms. The summed E-state index contributed by atoms with van der Waals surface area (Å²) in [6.07, 6.45) is 1.61. The smallest absolute Gasteiger partial charge is 0.459 e. The number of azide groups is 1. The van der Waals surface area contributed by atoms with Crippen molar-refractivity contribution in [3.05, 3.63) is 73.9 Å². The first-order chi connectivity index (χ1) is 19.1. The van der Waals surface area contributed by atoms with Gasteiger partial charge in [0.05, 0.1) is 12.7 Å². The van der Waals surface area contributed by atoms with Gasteiger partial charge in [0, 0.05) is 23.1 Å². The average Bonchev–Trinajstić information content (AvgIpc) is 3.51. The maximum absolute atomic E-state index is 13.9. The van der Waals surface area contributed by atoms with E-state index >= 15 is 0 Å². The lowest BCUT2D eigenvalue weighted by molar-refractivity contribution is -0.150. The summed E-state index contributed by atoms with van der Waals surface area (Å²) < 4.78 is 37.6. The number of carbonyl (C=O) groups is 1. The van der Waals surface area contributed by atoms with Crippen LogP contribution < -0.4 is 20.9 Å². The fraction of sp³-hybridized carbons (Fsp3) is 0.542. The fourth-order valence-electron chi connectivity index (χ4n) is 4.65. The number of nitrogens with zero attached hydrogens (tertiary/aromatic N) is 4. The molecule has 16 heteroatoms. The number of rotatable bonds is 11. The quantitative estimate of drug-likeness (QED) is 0.117. The lowest BCUT2D eigenvalue weighted by Crippen LogP contribution is -2.44. The van der Waals surface area contributed by atoms with E-state index in [1.54, 1.807) is 18.2 Å². The van der Waals surface area contributed by atoms with E-state index < -0.39 is 61.6 Å². The largest absolute Gasteiger partial charge is 0.461 e. The zero-order chi connectivity index (χ0) is 28.9. The van der Waals surface area contributed by atoms with Crippen LogP contribution in [0.3, 0.4) is 0 Å². The molecule has 1 saturated heterocycles. The van der Waals surface area contributed by atoms with Crippen LogP contribution in [0.15, 0.2) is 57.3 Å². The zero-order valence-corrected chi connectivity index (χ0v) is 22.8. The second-order valence-electron chi connectivity index (χ2n) is 9.73. The van der Waals surface area contributed by atoms with Crippen molar-refractivity contribution < 1.29 is 33.0 Å². The summed E-state index contributed by atoms with van der Waals surface area (Å²) >= 11 is 0. The first-order valence-electron chi connectivity index (χ1n) is 12.8. The van der Waals surface area contributed by atoms with Gasteiger partial charge in [-0.05, 0) is 50.3 Å². The van der Waals surface area contributed by atoms with Crippen molar-refractivity contribution in [2.75, 3.05) is 6.61 Å². The molecule has 1 saturated carbocycles. The van der Waals surface area contributed by atoms with Crippen LogP contribution in [0.1, 0.15) is 45.8 Å². The number of aliphatic hydroxyl groups is 1. The van der Waals surface area contributed by atoms with Gasteiger partial charge in [-0.15, -0.1) is 0 Å². The van der Waals surface area contributed by atoms with E-state index in [4.69, 9.17) is 18.5 Å². The highest BCUT2D eigenvalue weighted by atomic mass is 31.2. The van der Waals surface area contributed by atoms with E-state index in [2.05, 4.69) is 20.1 Å². The average molecular weight is 579 g/mol. The molecule has 1 unspecified atom stereocenters. The monoisotopic (exact) mass is 578 g/mol. The van der Waals surface area contributed by atoms with Gasteiger partial charge in [-0.3, -0.25) is 23.7 Å². The molecular formula is C24H31N6O9P. The summed E-state index contributed by atoms with van der Waals surface area (Å²) in [4.78, 5) is 41.4. The van der Waals surface area contributed by atoms with Crippen molar-refractivity contribution in [2.45, 2.75) is 69.7 Å². The highest BCUT2D eigenvalue weighted by molar-refractivity contribution is 7.52. The van der Waals surface area contributed by atoms with Crippen LogP contribution in [-0.4, -0.2) is 51.2 Å². The maximum atomic E-state index is 13.9. The fourth-order valence-corrected chi connectivity index (χ4v) is 6.16. The van der Waals surface area contributed by atoms with Crippen LogP contribution in [0.4, 0.5) is 0 Å². The highest BCUT2D eigenvalue weighted by Crippen LogP contribution is 2.49. The van der Waals surface area contributed by atoms with E-state index in [1.807, 2.05) is 0 Å². The lowest BCUT2D eigenvalue weighted by Gasteiger charge is -2.30. The molecule has 4 rings (SSSR count). The van der Waals surface area contributed by atoms with Gasteiger partial charge >= 0.3 is 19.4 Å². The van der Waals surface area contributed by atoms with Crippen molar-refractivity contribution in [3.63, 3.8) is 0 Å². The minimum atomic E-state index is -4.41. The minimum Gasteiger partial charge on any atom is -0.461 e. The van der Waals surface area contributed by atoms with Gasteiger partial charge in [0.1, 0.15) is 24.1 Å². The molecule has 0 spiro atoms. The molecule has 1 aliphatic heterocycles. The van der Waals surface area contributed by atoms with Gasteiger partial charge in [0.2, 0.25) is 0 Å². The first kappa shape index (κ1) is 29.5. The third-order valence-electron chi connectivity index (χ3n) is 6.77. The second-order valence-corrected chi connectivity index (χ2v) is 11.4. The number of para-hydroxylation sites is 1. The van der Waals surface area contributed by atoms with Gasteiger partial charge in [0.15, 0.2) is 5.72 Å². The number of hydrogen-bond donors (Lipinski definition) is 3. The number of hydrogen-bond acceptors (Lipinski definition) is 10. The Bertz CT molecular complexity index is 1410. The van der Waals surface area contributed by atoms with Crippen LogP contribution >= 0.6 is 7.75 Å². The molecule has 6 atom stereocenters. The van der Waals surface area contributed by atoms with Crippen molar-refractivity contribution in [2.24, 2.45) is 11.0 Å². The molecular weight excluding hydrogens is 547 g/mol.